The largest absolute Gasteiger partial charge is 0.496 e. The molecule has 0 fully saturated rings. The van der Waals surface area contributed by atoms with E-state index < -0.39 is 0 Å². The van der Waals surface area contributed by atoms with E-state index in [1.54, 1.807) is 25.3 Å². The Morgan fingerprint density at radius 3 is 2.71 bits per heavy atom. The molecule has 0 unspecified atom stereocenters. The predicted octanol–water partition coefficient (Wildman–Crippen LogP) is 2.91. The van der Waals surface area contributed by atoms with Crippen molar-refractivity contribution in [3.05, 3.63) is 40.4 Å². The molecule has 2 rings (SSSR count). The molecule has 1 aliphatic carbocycles. The molecule has 1 aliphatic rings. The van der Waals surface area contributed by atoms with Gasteiger partial charge in [0.2, 0.25) is 0 Å². The maximum Gasteiger partial charge on any atom is 0.251 e. The Kier molecular flexibility index (Phi) is 3.84. The molecule has 0 aliphatic heterocycles. The molecular weight excluding hydrogens is 282 g/mol. The Morgan fingerprint density at radius 2 is 2.12 bits per heavy atom. The third-order valence-corrected chi connectivity index (χ3v) is 3.38. The highest BCUT2D eigenvalue weighted by Gasteiger charge is 2.15. The van der Waals surface area contributed by atoms with Gasteiger partial charge < -0.3 is 10.1 Å². The van der Waals surface area contributed by atoms with Crippen LogP contribution in [-0.2, 0) is 0 Å². The van der Waals surface area contributed by atoms with Crippen LogP contribution in [0.5, 0.6) is 5.75 Å². The lowest BCUT2D eigenvalue weighted by Gasteiger charge is -2.12. The minimum atomic E-state index is -0.0398. The van der Waals surface area contributed by atoms with Crippen molar-refractivity contribution < 1.29 is 9.53 Å². The number of hydrogen-bond donors (Lipinski definition) is 1. The predicted molar refractivity (Wildman–Crippen MR) is 70.3 cm³/mol. The fraction of sp³-hybridized carbons (Fsp3) is 0.308. The number of benzene rings is 1. The summed E-state index contributed by atoms with van der Waals surface area (Å²) in [6.07, 6.45) is 6.02. The van der Waals surface area contributed by atoms with E-state index in [1.165, 1.54) is 0 Å². The van der Waals surface area contributed by atoms with Crippen molar-refractivity contribution >= 4 is 21.8 Å². The van der Waals surface area contributed by atoms with E-state index in [9.17, 15) is 4.79 Å². The highest BCUT2D eigenvalue weighted by atomic mass is 79.9. The monoisotopic (exact) mass is 295 g/mol. The number of amides is 1. The second-order valence-electron chi connectivity index (χ2n) is 3.96. The van der Waals surface area contributed by atoms with Crippen molar-refractivity contribution in [3.8, 4) is 5.75 Å². The average molecular weight is 296 g/mol. The number of halogens is 1. The zero-order valence-corrected chi connectivity index (χ0v) is 11.2. The number of rotatable bonds is 3. The topological polar surface area (TPSA) is 38.3 Å². The first-order valence-electron chi connectivity index (χ1n) is 5.50. The molecule has 90 valence electrons. The number of carbonyl (C=O) groups is 1. The molecule has 1 N–H and O–H groups in total. The molecule has 0 atom stereocenters. The van der Waals surface area contributed by atoms with Gasteiger partial charge in [-0.2, -0.15) is 0 Å². The normalized spacial score (nSPS) is 14.9. The molecule has 3 nitrogen and oxygen atoms in total. The molecule has 0 saturated carbocycles. The quantitative estimate of drug-likeness (QED) is 0.871. The maximum absolute atomic E-state index is 12.0. The molecule has 1 aromatic rings. The molecule has 0 aromatic heterocycles. The maximum atomic E-state index is 12.0. The van der Waals surface area contributed by atoms with Gasteiger partial charge in [0.05, 0.1) is 11.6 Å². The zero-order valence-electron chi connectivity index (χ0n) is 9.57. The number of methoxy groups -OCH3 is 1. The molecule has 1 amide bonds. The molecule has 4 heteroatoms. The smallest absolute Gasteiger partial charge is 0.251 e. The summed E-state index contributed by atoms with van der Waals surface area (Å²) in [5.41, 5.74) is 0.643. The van der Waals surface area contributed by atoms with E-state index >= 15 is 0 Å². The van der Waals surface area contributed by atoms with Gasteiger partial charge in [0, 0.05) is 11.6 Å². The van der Waals surface area contributed by atoms with Crippen LogP contribution in [0.15, 0.2) is 34.8 Å². The number of nitrogens with one attached hydrogen (secondary N) is 1. The van der Waals surface area contributed by atoms with Crippen LogP contribution in [0.4, 0.5) is 0 Å². The van der Waals surface area contributed by atoms with Crippen LogP contribution in [-0.4, -0.2) is 19.1 Å². The summed E-state index contributed by atoms with van der Waals surface area (Å²) < 4.78 is 5.91. The SMILES string of the molecule is COc1ccc(C(=O)NC2CC=CC2)cc1Br. The summed E-state index contributed by atoms with van der Waals surface area (Å²) in [5.74, 6) is 0.686. The first kappa shape index (κ1) is 12.2. The van der Waals surface area contributed by atoms with Crippen LogP contribution in [0.1, 0.15) is 23.2 Å². The fourth-order valence-electron chi connectivity index (χ4n) is 1.81. The van der Waals surface area contributed by atoms with Gasteiger partial charge in [-0.15, -0.1) is 0 Å². The third-order valence-electron chi connectivity index (χ3n) is 2.76. The van der Waals surface area contributed by atoms with Gasteiger partial charge in [0.15, 0.2) is 0 Å². The average Bonchev–Trinajstić information content (AvgIpc) is 2.81. The van der Waals surface area contributed by atoms with Gasteiger partial charge in [0.25, 0.3) is 5.91 Å². The highest BCUT2D eigenvalue weighted by Crippen LogP contribution is 2.25. The summed E-state index contributed by atoms with van der Waals surface area (Å²) in [7, 11) is 1.60. The van der Waals surface area contributed by atoms with Gasteiger partial charge in [0.1, 0.15) is 5.75 Å². The zero-order chi connectivity index (χ0) is 12.3. The van der Waals surface area contributed by atoms with Crippen molar-refractivity contribution in [2.45, 2.75) is 18.9 Å². The first-order chi connectivity index (χ1) is 8.20. The van der Waals surface area contributed by atoms with E-state index in [0.717, 1.165) is 23.1 Å². The van der Waals surface area contributed by atoms with Crippen LogP contribution >= 0.6 is 15.9 Å². The molecule has 0 radical (unpaired) electrons. The summed E-state index contributed by atoms with van der Waals surface area (Å²) in [4.78, 5) is 12.0. The fourth-order valence-corrected chi connectivity index (χ4v) is 2.35. The lowest BCUT2D eigenvalue weighted by atomic mass is 10.1. The Morgan fingerprint density at radius 1 is 1.41 bits per heavy atom. The molecule has 17 heavy (non-hydrogen) atoms. The minimum Gasteiger partial charge on any atom is -0.496 e. The van der Waals surface area contributed by atoms with E-state index in [0.29, 0.717) is 5.56 Å². The molecule has 1 aromatic carbocycles. The molecule has 0 bridgehead atoms. The Labute approximate surface area is 109 Å². The molecular formula is C13H14BrNO2. The van der Waals surface area contributed by atoms with Gasteiger partial charge in [-0.25, -0.2) is 0 Å². The standard InChI is InChI=1S/C13H14BrNO2/c1-17-12-7-6-9(8-11(12)14)13(16)15-10-4-2-3-5-10/h2-3,6-8,10H,4-5H2,1H3,(H,15,16). The Balaban J connectivity index is 2.06. The van der Waals surface area contributed by atoms with Crippen molar-refractivity contribution in [1.29, 1.82) is 0 Å². The number of hydrogen-bond acceptors (Lipinski definition) is 2. The minimum absolute atomic E-state index is 0.0398. The van der Waals surface area contributed by atoms with Gasteiger partial charge >= 0.3 is 0 Å². The summed E-state index contributed by atoms with van der Waals surface area (Å²) in [6, 6.07) is 5.56. The van der Waals surface area contributed by atoms with Gasteiger partial charge in [-0.1, -0.05) is 12.2 Å². The van der Waals surface area contributed by atoms with Crippen molar-refractivity contribution in [2.24, 2.45) is 0 Å². The number of ether oxygens (including phenoxy) is 1. The Hall–Kier alpha value is -1.29. The van der Waals surface area contributed by atoms with E-state index in [-0.39, 0.29) is 11.9 Å². The van der Waals surface area contributed by atoms with Crippen molar-refractivity contribution in [1.82, 2.24) is 5.32 Å². The summed E-state index contributed by atoms with van der Waals surface area (Å²) in [6.45, 7) is 0. The Bertz CT molecular complexity index is 449. The van der Waals surface area contributed by atoms with Crippen LogP contribution in [0.25, 0.3) is 0 Å². The lowest BCUT2D eigenvalue weighted by Crippen LogP contribution is -2.32. The van der Waals surface area contributed by atoms with E-state index in [2.05, 4.69) is 33.4 Å². The van der Waals surface area contributed by atoms with E-state index in [4.69, 9.17) is 4.74 Å². The third kappa shape index (κ3) is 2.88. The second-order valence-corrected chi connectivity index (χ2v) is 4.82. The molecule has 0 spiro atoms. The van der Waals surface area contributed by atoms with Crippen molar-refractivity contribution in [3.63, 3.8) is 0 Å². The number of carbonyl (C=O) groups excluding carboxylic acids is 1. The molecule has 0 heterocycles. The van der Waals surface area contributed by atoms with Gasteiger partial charge in [-0.3, -0.25) is 4.79 Å². The van der Waals surface area contributed by atoms with E-state index in [1.807, 2.05) is 0 Å². The summed E-state index contributed by atoms with van der Waals surface area (Å²) in [5, 5.41) is 3.00. The lowest BCUT2D eigenvalue weighted by molar-refractivity contribution is 0.0939. The second kappa shape index (κ2) is 5.36. The van der Waals surface area contributed by atoms with Crippen molar-refractivity contribution in [2.75, 3.05) is 7.11 Å². The molecule has 0 saturated heterocycles. The first-order valence-corrected chi connectivity index (χ1v) is 6.29. The summed E-state index contributed by atoms with van der Waals surface area (Å²) >= 11 is 3.37. The van der Waals surface area contributed by atoms with Crippen LogP contribution in [0.2, 0.25) is 0 Å². The highest BCUT2D eigenvalue weighted by molar-refractivity contribution is 9.10. The van der Waals surface area contributed by atoms with Crippen LogP contribution in [0, 0.1) is 0 Å². The van der Waals surface area contributed by atoms with Crippen LogP contribution in [0.3, 0.4) is 0 Å². The van der Waals surface area contributed by atoms with Gasteiger partial charge in [-0.05, 0) is 47.0 Å². The van der Waals surface area contributed by atoms with Crippen LogP contribution < -0.4 is 10.1 Å².